The highest BCUT2D eigenvalue weighted by molar-refractivity contribution is 6.00. The third-order valence-electron chi connectivity index (χ3n) is 6.08. The van der Waals surface area contributed by atoms with Crippen molar-refractivity contribution in [1.29, 1.82) is 0 Å². The number of aromatic hydroxyl groups is 1. The van der Waals surface area contributed by atoms with E-state index in [4.69, 9.17) is 0 Å². The molecular formula is C22H22F3N3O4. The van der Waals surface area contributed by atoms with E-state index in [1.54, 1.807) is 16.4 Å². The van der Waals surface area contributed by atoms with E-state index < -0.39 is 52.6 Å². The number of benzene rings is 1. The molecule has 0 aliphatic carbocycles. The minimum absolute atomic E-state index is 0.128. The molecule has 1 atom stereocenters. The summed E-state index contributed by atoms with van der Waals surface area (Å²) in [5.74, 6) is -5.66. The smallest absolute Gasteiger partial charge is 0.274 e. The molecule has 0 saturated carbocycles. The van der Waals surface area contributed by atoms with Crippen molar-refractivity contribution < 1.29 is 27.9 Å². The van der Waals surface area contributed by atoms with Crippen LogP contribution in [0.3, 0.4) is 0 Å². The zero-order valence-electron chi connectivity index (χ0n) is 17.4. The van der Waals surface area contributed by atoms with Crippen molar-refractivity contribution in [2.75, 3.05) is 13.1 Å². The molecule has 10 heteroatoms. The van der Waals surface area contributed by atoms with Crippen LogP contribution in [0.2, 0.25) is 0 Å². The van der Waals surface area contributed by atoms with Crippen LogP contribution in [0.5, 0.6) is 5.75 Å². The van der Waals surface area contributed by atoms with Crippen LogP contribution in [-0.4, -0.2) is 39.5 Å². The summed E-state index contributed by atoms with van der Waals surface area (Å²) < 4.78 is 42.5. The van der Waals surface area contributed by atoms with Gasteiger partial charge in [-0.05, 0) is 25.7 Å². The summed E-state index contributed by atoms with van der Waals surface area (Å²) in [5, 5.41) is 12.9. The number of hydrogen-bond donors (Lipinski definition) is 2. The molecule has 2 N–H and O–H groups in total. The van der Waals surface area contributed by atoms with Crippen LogP contribution in [0.4, 0.5) is 13.2 Å². The molecule has 1 fully saturated rings. The van der Waals surface area contributed by atoms with Gasteiger partial charge in [-0.25, -0.2) is 13.2 Å². The van der Waals surface area contributed by atoms with Crippen LogP contribution < -0.4 is 10.7 Å². The van der Waals surface area contributed by atoms with E-state index in [0.29, 0.717) is 31.6 Å². The molecule has 2 aliphatic heterocycles. The van der Waals surface area contributed by atoms with Gasteiger partial charge in [-0.2, -0.15) is 0 Å². The van der Waals surface area contributed by atoms with Crippen molar-refractivity contribution in [3.8, 4) is 5.75 Å². The summed E-state index contributed by atoms with van der Waals surface area (Å²) in [6, 6.07) is 0.779. The van der Waals surface area contributed by atoms with E-state index in [-0.39, 0.29) is 29.4 Å². The maximum absolute atomic E-state index is 13.9. The predicted molar refractivity (Wildman–Crippen MR) is 108 cm³/mol. The number of rotatable bonds is 4. The van der Waals surface area contributed by atoms with Crippen molar-refractivity contribution >= 4 is 11.8 Å². The molecule has 2 aromatic rings. The Labute approximate surface area is 181 Å². The summed E-state index contributed by atoms with van der Waals surface area (Å²) in [7, 11) is 0. The van der Waals surface area contributed by atoms with Gasteiger partial charge in [-0.1, -0.05) is 6.92 Å². The fourth-order valence-corrected chi connectivity index (χ4v) is 4.58. The molecule has 1 unspecified atom stereocenters. The molecule has 0 radical (unpaired) electrons. The number of hydrogen-bond acceptors (Lipinski definition) is 4. The number of carbonyl (C=O) groups excluding carboxylic acids is 2. The zero-order valence-corrected chi connectivity index (χ0v) is 17.4. The summed E-state index contributed by atoms with van der Waals surface area (Å²) in [6.45, 7) is 2.02. The molecular weight excluding hydrogens is 427 g/mol. The minimum atomic E-state index is -1.17. The Morgan fingerprint density at radius 1 is 1.19 bits per heavy atom. The lowest BCUT2D eigenvalue weighted by molar-refractivity contribution is 0.0674. The first-order chi connectivity index (χ1) is 15.2. The zero-order chi connectivity index (χ0) is 23.2. The second-order valence-electron chi connectivity index (χ2n) is 8.00. The lowest BCUT2D eigenvalue weighted by atomic mass is 10.0. The average molecular weight is 449 g/mol. The molecule has 2 amide bonds. The van der Waals surface area contributed by atoms with Gasteiger partial charge < -0.3 is 19.9 Å². The van der Waals surface area contributed by atoms with E-state index in [2.05, 4.69) is 5.32 Å². The van der Waals surface area contributed by atoms with Gasteiger partial charge in [0.1, 0.15) is 23.0 Å². The third kappa shape index (κ3) is 3.53. The number of nitrogens with zero attached hydrogens (tertiary/aromatic N) is 2. The van der Waals surface area contributed by atoms with E-state index >= 15 is 0 Å². The van der Waals surface area contributed by atoms with Gasteiger partial charge in [0.25, 0.3) is 11.8 Å². The first-order valence-electron chi connectivity index (χ1n) is 10.5. The molecule has 1 aromatic heterocycles. The number of fused-ring (bicyclic) bond motifs is 4. The lowest BCUT2D eigenvalue weighted by Gasteiger charge is -2.36. The van der Waals surface area contributed by atoms with Gasteiger partial charge in [0.2, 0.25) is 5.43 Å². The number of halogens is 3. The second kappa shape index (κ2) is 8.33. The van der Waals surface area contributed by atoms with E-state index in [1.165, 1.54) is 0 Å². The number of aromatic nitrogens is 1. The van der Waals surface area contributed by atoms with Gasteiger partial charge in [0, 0.05) is 43.0 Å². The highest BCUT2D eigenvalue weighted by atomic mass is 19.1. The quantitative estimate of drug-likeness (QED) is 0.751. The Kier molecular flexibility index (Phi) is 5.70. The topological polar surface area (TPSA) is 91.6 Å². The molecule has 1 saturated heterocycles. The molecule has 2 bridgehead atoms. The van der Waals surface area contributed by atoms with Crippen molar-refractivity contribution in [3.63, 3.8) is 0 Å². The van der Waals surface area contributed by atoms with Crippen molar-refractivity contribution in [2.45, 2.75) is 45.2 Å². The van der Waals surface area contributed by atoms with E-state index in [1.807, 2.05) is 0 Å². The maximum atomic E-state index is 13.9. The molecule has 1 aromatic carbocycles. The summed E-state index contributed by atoms with van der Waals surface area (Å²) in [4.78, 5) is 40.3. The Hall–Kier alpha value is -3.30. The Balaban J connectivity index is 1.76. The highest BCUT2D eigenvalue weighted by Crippen LogP contribution is 2.34. The average Bonchev–Trinajstić information content (AvgIpc) is 2.96. The first-order valence-corrected chi connectivity index (χ1v) is 10.5. The number of amides is 2. The molecule has 4 rings (SSSR count). The molecule has 3 heterocycles. The van der Waals surface area contributed by atoms with Gasteiger partial charge in [0.15, 0.2) is 11.4 Å². The van der Waals surface area contributed by atoms with Crippen LogP contribution in [0, 0.1) is 17.5 Å². The largest absolute Gasteiger partial charge is 0.503 e. The van der Waals surface area contributed by atoms with Crippen molar-refractivity contribution in [3.05, 3.63) is 62.3 Å². The monoisotopic (exact) mass is 449 g/mol. The lowest BCUT2D eigenvalue weighted by Crippen LogP contribution is -2.45. The normalized spacial score (nSPS) is 17.7. The highest BCUT2D eigenvalue weighted by Gasteiger charge is 2.38. The SMILES string of the molecule is CCc1c(C(=O)NCc2c(F)cc(F)cc2F)c(=O)c(O)c2n1C1CCCCN(C1)C2=O. The molecule has 32 heavy (non-hydrogen) atoms. The Bertz CT molecular complexity index is 1150. The van der Waals surface area contributed by atoms with E-state index in [9.17, 15) is 32.7 Å². The summed E-state index contributed by atoms with van der Waals surface area (Å²) >= 11 is 0. The van der Waals surface area contributed by atoms with Crippen LogP contribution in [0.1, 0.15) is 64.3 Å². The second-order valence-corrected chi connectivity index (χ2v) is 8.00. The van der Waals surface area contributed by atoms with Gasteiger partial charge >= 0.3 is 0 Å². The Morgan fingerprint density at radius 3 is 2.53 bits per heavy atom. The summed E-state index contributed by atoms with van der Waals surface area (Å²) in [5.41, 5.74) is -1.80. The fraction of sp³-hybridized carbons (Fsp3) is 0.409. The summed E-state index contributed by atoms with van der Waals surface area (Å²) in [6.07, 6.45) is 2.56. The van der Waals surface area contributed by atoms with Crippen LogP contribution in [0.25, 0.3) is 0 Å². The maximum Gasteiger partial charge on any atom is 0.274 e. The van der Waals surface area contributed by atoms with Crippen LogP contribution >= 0.6 is 0 Å². The Morgan fingerprint density at radius 2 is 1.88 bits per heavy atom. The molecule has 0 spiro atoms. The van der Waals surface area contributed by atoms with Gasteiger partial charge in [-0.3, -0.25) is 14.4 Å². The van der Waals surface area contributed by atoms with Crippen molar-refractivity contribution in [1.82, 2.24) is 14.8 Å². The molecule has 2 aliphatic rings. The predicted octanol–water partition coefficient (Wildman–Crippen LogP) is 2.64. The van der Waals surface area contributed by atoms with Gasteiger partial charge in [0.05, 0.1) is 6.04 Å². The number of carbonyl (C=O) groups is 2. The van der Waals surface area contributed by atoms with Crippen LogP contribution in [0.15, 0.2) is 16.9 Å². The van der Waals surface area contributed by atoms with Crippen LogP contribution in [-0.2, 0) is 13.0 Å². The first kappa shape index (κ1) is 21.9. The standard InChI is InChI=1S/C22H22F3N3O4/c1-2-16-17(21(31)26-9-13-14(24)7-11(23)8-15(13)25)19(29)20(30)18-22(32)27-6-4-3-5-12(10-27)28(16)18/h7-8,12,30H,2-6,9-10H2,1H3,(H,26,31). The van der Waals surface area contributed by atoms with Gasteiger partial charge in [-0.15, -0.1) is 0 Å². The number of pyridine rings is 1. The van der Waals surface area contributed by atoms with E-state index in [0.717, 1.165) is 12.8 Å². The van der Waals surface area contributed by atoms with Crippen molar-refractivity contribution in [2.24, 2.45) is 0 Å². The minimum Gasteiger partial charge on any atom is -0.503 e. The third-order valence-corrected chi connectivity index (χ3v) is 6.08. The molecule has 7 nitrogen and oxygen atoms in total. The molecule has 170 valence electrons. The number of nitrogens with one attached hydrogen (secondary N) is 1. The fourth-order valence-electron chi connectivity index (χ4n) is 4.58.